The third-order valence-corrected chi connectivity index (χ3v) is 4.79. The van der Waals surface area contributed by atoms with Gasteiger partial charge in [-0.25, -0.2) is 14.1 Å². The van der Waals surface area contributed by atoms with Gasteiger partial charge in [0.25, 0.3) is 0 Å². The predicted octanol–water partition coefficient (Wildman–Crippen LogP) is 3.30. The summed E-state index contributed by atoms with van der Waals surface area (Å²) in [5.41, 5.74) is 1.28. The molecule has 0 aromatic heterocycles. The zero-order valence-electron chi connectivity index (χ0n) is 13.1. The van der Waals surface area contributed by atoms with Gasteiger partial charge in [-0.15, -0.1) is 0 Å². The van der Waals surface area contributed by atoms with E-state index in [9.17, 15) is 14.0 Å². The van der Waals surface area contributed by atoms with Gasteiger partial charge in [-0.1, -0.05) is 43.8 Å². The lowest BCUT2D eigenvalue weighted by molar-refractivity contribution is -0.135. The third-order valence-electron chi connectivity index (χ3n) is 4.79. The van der Waals surface area contributed by atoms with Gasteiger partial charge in [0, 0.05) is 5.92 Å². The zero-order valence-corrected chi connectivity index (χ0v) is 13.1. The summed E-state index contributed by atoms with van der Waals surface area (Å²) in [7, 11) is 0. The molecule has 1 aromatic rings. The Hall–Kier alpha value is -2.17. The van der Waals surface area contributed by atoms with Gasteiger partial charge in [-0.3, -0.25) is 4.79 Å². The second kappa shape index (κ2) is 6.14. The second-order valence-electron chi connectivity index (χ2n) is 6.31. The van der Waals surface area contributed by atoms with Crippen molar-refractivity contribution in [3.8, 4) is 0 Å². The molecular weight excluding hydrogens is 297 g/mol. The largest absolute Gasteiger partial charge is 0.447 e. The van der Waals surface area contributed by atoms with Crippen molar-refractivity contribution in [1.82, 2.24) is 4.90 Å². The normalized spacial score (nSPS) is 31.1. The van der Waals surface area contributed by atoms with Gasteiger partial charge in [0.2, 0.25) is 5.91 Å². The molecule has 0 bridgehead atoms. The molecule has 0 spiro atoms. The lowest BCUT2D eigenvalue weighted by atomic mass is 9.67. The number of hydrogen-bond acceptors (Lipinski definition) is 3. The van der Waals surface area contributed by atoms with Crippen LogP contribution in [0.1, 0.15) is 24.8 Å². The van der Waals surface area contributed by atoms with E-state index >= 15 is 0 Å². The van der Waals surface area contributed by atoms with Crippen LogP contribution in [0.25, 0.3) is 0 Å². The van der Waals surface area contributed by atoms with Crippen LogP contribution in [-0.2, 0) is 9.53 Å². The van der Waals surface area contributed by atoms with Crippen LogP contribution < -0.4 is 0 Å². The highest BCUT2D eigenvalue weighted by atomic mass is 19.1. The van der Waals surface area contributed by atoms with Crippen molar-refractivity contribution in [2.75, 3.05) is 13.2 Å². The SMILES string of the molecule is C=C1CC(C)C(C(=O)N2CCOC2=O)C(c2ccccc2)C1F. The quantitative estimate of drug-likeness (QED) is 0.786. The molecule has 2 aliphatic rings. The van der Waals surface area contributed by atoms with Crippen LogP contribution in [0.15, 0.2) is 42.5 Å². The Morgan fingerprint density at radius 1 is 1.35 bits per heavy atom. The summed E-state index contributed by atoms with van der Waals surface area (Å²) < 4.78 is 19.8. The number of rotatable bonds is 2. The molecule has 0 radical (unpaired) electrons. The van der Waals surface area contributed by atoms with Crippen molar-refractivity contribution in [2.45, 2.75) is 25.4 Å². The maximum absolute atomic E-state index is 14.9. The Kier molecular flexibility index (Phi) is 4.20. The number of nitrogens with zero attached hydrogens (tertiary/aromatic N) is 1. The van der Waals surface area contributed by atoms with Crippen molar-refractivity contribution in [1.29, 1.82) is 0 Å². The van der Waals surface area contributed by atoms with Crippen molar-refractivity contribution in [3.05, 3.63) is 48.0 Å². The van der Waals surface area contributed by atoms with Gasteiger partial charge in [-0.05, 0) is 23.5 Å². The van der Waals surface area contributed by atoms with E-state index in [4.69, 9.17) is 4.74 Å². The molecule has 0 N–H and O–H groups in total. The second-order valence-corrected chi connectivity index (χ2v) is 6.31. The van der Waals surface area contributed by atoms with E-state index in [0.29, 0.717) is 12.0 Å². The van der Waals surface area contributed by atoms with Gasteiger partial charge >= 0.3 is 6.09 Å². The van der Waals surface area contributed by atoms with Crippen LogP contribution in [0.2, 0.25) is 0 Å². The molecule has 4 unspecified atom stereocenters. The van der Waals surface area contributed by atoms with Gasteiger partial charge in [-0.2, -0.15) is 0 Å². The van der Waals surface area contributed by atoms with E-state index in [2.05, 4.69) is 6.58 Å². The molecule has 1 aliphatic heterocycles. The number of cyclic esters (lactones) is 1. The lowest BCUT2D eigenvalue weighted by Crippen LogP contribution is -2.46. The molecule has 1 aromatic carbocycles. The standard InChI is InChI=1S/C18H20FNO3/c1-11-10-12(2)16(19)15(13-6-4-3-5-7-13)14(11)17(21)20-8-9-23-18(20)22/h3-7,11,14-16H,2,8-10H2,1H3. The molecule has 2 amide bonds. The molecule has 4 atom stereocenters. The topological polar surface area (TPSA) is 46.6 Å². The van der Waals surface area contributed by atoms with Crippen molar-refractivity contribution in [2.24, 2.45) is 11.8 Å². The van der Waals surface area contributed by atoms with Crippen LogP contribution in [0.4, 0.5) is 9.18 Å². The van der Waals surface area contributed by atoms with E-state index in [0.717, 1.165) is 10.5 Å². The highest BCUT2D eigenvalue weighted by Crippen LogP contribution is 2.45. The third kappa shape index (κ3) is 2.76. The molecule has 1 saturated heterocycles. The summed E-state index contributed by atoms with van der Waals surface area (Å²) in [5, 5.41) is 0. The Morgan fingerprint density at radius 2 is 2.04 bits per heavy atom. The predicted molar refractivity (Wildman–Crippen MR) is 83.6 cm³/mol. The average Bonchev–Trinajstić information content (AvgIpc) is 2.97. The van der Waals surface area contributed by atoms with Gasteiger partial charge in [0.15, 0.2) is 0 Å². The first-order valence-electron chi connectivity index (χ1n) is 7.85. The molecule has 122 valence electrons. The number of amides is 2. The van der Waals surface area contributed by atoms with Gasteiger partial charge in [0.1, 0.15) is 12.8 Å². The summed E-state index contributed by atoms with van der Waals surface area (Å²) >= 11 is 0. The Bertz CT molecular complexity index is 630. The molecule has 23 heavy (non-hydrogen) atoms. The number of hydrogen-bond donors (Lipinski definition) is 0. The fourth-order valence-electron chi connectivity index (χ4n) is 3.67. The van der Waals surface area contributed by atoms with E-state index in [1.54, 1.807) is 0 Å². The number of allylic oxidation sites excluding steroid dienone is 1. The number of carbonyl (C=O) groups excluding carboxylic acids is 2. The zero-order chi connectivity index (χ0) is 16.6. The van der Waals surface area contributed by atoms with Crippen molar-refractivity contribution in [3.63, 3.8) is 0 Å². The number of carbonyl (C=O) groups is 2. The van der Waals surface area contributed by atoms with Crippen LogP contribution in [0, 0.1) is 11.8 Å². The highest BCUT2D eigenvalue weighted by molar-refractivity contribution is 5.95. The minimum Gasteiger partial charge on any atom is -0.447 e. The molecular formula is C18H20FNO3. The lowest BCUT2D eigenvalue weighted by Gasteiger charge is -2.40. The number of benzene rings is 1. The molecule has 3 rings (SSSR count). The molecule has 1 saturated carbocycles. The first-order chi connectivity index (χ1) is 11.0. The Balaban J connectivity index is 1.98. The first kappa shape index (κ1) is 15.7. The molecule has 1 heterocycles. The minimum atomic E-state index is -1.29. The summed E-state index contributed by atoms with van der Waals surface area (Å²) in [6, 6.07) is 9.16. The summed E-state index contributed by atoms with van der Waals surface area (Å²) in [5.74, 6) is -1.64. The number of imide groups is 1. The van der Waals surface area contributed by atoms with E-state index in [1.165, 1.54) is 0 Å². The van der Waals surface area contributed by atoms with Gasteiger partial charge < -0.3 is 4.74 Å². The molecule has 4 nitrogen and oxygen atoms in total. The first-order valence-corrected chi connectivity index (χ1v) is 7.85. The Morgan fingerprint density at radius 3 is 2.65 bits per heavy atom. The van der Waals surface area contributed by atoms with Crippen molar-refractivity contribution >= 4 is 12.0 Å². The monoisotopic (exact) mass is 317 g/mol. The molecule has 1 aliphatic carbocycles. The number of alkyl halides is 1. The maximum atomic E-state index is 14.9. The van der Waals surface area contributed by atoms with Crippen molar-refractivity contribution < 1.29 is 18.7 Å². The van der Waals surface area contributed by atoms with Crippen LogP contribution in [0.3, 0.4) is 0 Å². The van der Waals surface area contributed by atoms with E-state index < -0.39 is 24.1 Å². The Labute approximate surface area is 134 Å². The van der Waals surface area contributed by atoms with Crippen LogP contribution >= 0.6 is 0 Å². The smallest absolute Gasteiger partial charge is 0.416 e. The van der Waals surface area contributed by atoms with E-state index in [-0.39, 0.29) is 25.0 Å². The summed E-state index contributed by atoms with van der Waals surface area (Å²) in [4.78, 5) is 25.7. The number of halogens is 1. The van der Waals surface area contributed by atoms with Crippen LogP contribution in [-0.4, -0.2) is 36.2 Å². The maximum Gasteiger partial charge on any atom is 0.416 e. The molecule has 2 fully saturated rings. The van der Waals surface area contributed by atoms with E-state index in [1.807, 2.05) is 37.3 Å². The summed E-state index contributed by atoms with van der Waals surface area (Å²) in [6.07, 6.45) is -1.47. The fraction of sp³-hybridized carbons (Fsp3) is 0.444. The van der Waals surface area contributed by atoms with Gasteiger partial charge in [0.05, 0.1) is 12.5 Å². The highest BCUT2D eigenvalue weighted by Gasteiger charge is 2.47. The van der Waals surface area contributed by atoms with Crippen LogP contribution in [0.5, 0.6) is 0 Å². The molecule has 5 heteroatoms. The minimum absolute atomic E-state index is 0.0828. The number of ether oxygens (including phenoxy) is 1. The fourth-order valence-corrected chi connectivity index (χ4v) is 3.67. The average molecular weight is 317 g/mol. The summed E-state index contributed by atoms with van der Waals surface area (Å²) in [6.45, 7) is 6.19.